The second kappa shape index (κ2) is 8.93. The van der Waals surface area contributed by atoms with Crippen LogP contribution in [-0.4, -0.2) is 39.7 Å². The minimum Gasteiger partial charge on any atom is -0.497 e. The van der Waals surface area contributed by atoms with Gasteiger partial charge in [0.05, 0.1) is 19.7 Å². The molecule has 1 aromatic heterocycles. The van der Waals surface area contributed by atoms with Crippen molar-refractivity contribution in [3.63, 3.8) is 0 Å². The van der Waals surface area contributed by atoms with Crippen LogP contribution < -0.4 is 24.4 Å². The van der Waals surface area contributed by atoms with Crippen molar-refractivity contribution in [1.82, 2.24) is 9.47 Å². The number of quaternary nitrogens is 1. The van der Waals surface area contributed by atoms with Crippen LogP contribution in [-0.2, 0) is 11.2 Å². The molecule has 0 fully saturated rings. The van der Waals surface area contributed by atoms with Gasteiger partial charge in [0, 0.05) is 31.0 Å². The molecule has 2 atom stereocenters. The molecule has 0 aliphatic carbocycles. The molecule has 1 aliphatic rings. The van der Waals surface area contributed by atoms with Crippen molar-refractivity contribution in [2.24, 2.45) is 5.73 Å². The zero-order valence-corrected chi connectivity index (χ0v) is 18.1. The van der Waals surface area contributed by atoms with Gasteiger partial charge in [0.1, 0.15) is 18.2 Å². The van der Waals surface area contributed by atoms with Gasteiger partial charge >= 0.3 is 0 Å². The molecule has 0 bridgehead atoms. The highest BCUT2D eigenvalue weighted by Gasteiger charge is 2.48. The van der Waals surface area contributed by atoms with Gasteiger partial charge in [0.25, 0.3) is 6.23 Å². The molecular weight excluding hydrogens is 394 g/mol. The number of para-hydroxylation sites is 1. The van der Waals surface area contributed by atoms with Crippen molar-refractivity contribution in [3.8, 4) is 17.2 Å². The predicted octanol–water partition coefficient (Wildman–Crippen LogP) is 3.61. The minimum absolute atomic E-state index is 0.135. The van der Waals surface area contributed by atoms with Gasteiger partial charge in [-0.2, -0.15) is 0 Å². The Balaban J connectivity index is 1.79. The number of pyridine rings is 1. The Labute approximate surface area is 182 Å². The van der Waals surface area contributed by atoms with Crippen molar-refractivity contribution in [2.45, 2.75) is 12.6 Å². The summed E-state index contributed by atoms with van der Waals surface area (Å²) in [5.41, 5.74) is 10.4. The molecule has 2 unspecified atom stereocenters. The maximum atomic E-state index is 6.49. The van der Waals surface area contributed by atoms with Crippen LogP contribution in [0, 0.1) is 0 Å². The number of hydrogen-bond donors (Lipinski definition) is 1. The molecule has 0 radical (unpaired) electrons. The summed E-state index contributed by atoms with van der Waals surface area (Å²) >= 11 is 0. The lowest BCUT2D eigenvalue weighted by atomic mass is 10.0. The predicted molar refractivity (Wildman–Crippen MR) is 119 cm³/mol. The highest BCUT2D eigenvalue weighted by Crippen LogP contribution is 2.51. The van der Waals surface area contributed by atoms with Crippen LogP contribution in [0.3, 0.4) is 0 Å². The number of hydrogen-bond acceptors (Lipinski definition) is 6. The molecule has 2 heterocycles. The first-order chi connectivity index (χ1) is 15.1. The highest BCUT2D eigenvalue weighted by molar-refractivity contribution is 5.66. The first-order valence-corrected chi connectivity index (χ1v) is 10.1. The molecule has 0 amide bonds. The highest BCUT2D eigenvalue weighted by atomic mass is 16.7. The number of methoxy groups -OCH3 is 2. The molecule has 2 N–H and O–H groups in total. The monoisotopic (exact) mass is 422 g/mol. The van der Waals surface area contributed by atoms with Crippen molar-refractivity contribution in [3.05, 3.63) is 77.6 Å². The van der Waals surface area contributed by atoms with Crippen LogP contribution >= 0.6 is 0 Å². The smallest absolute Gasteiger partial charge is 0.269 e. The number of aromatic nitrogens is 1. The Kier molecular flexibility index (Phi) is 6.08. The van der Waals surface area contributed by atoms with Gasteiger partial charge in [-0.15, -0.1) is 0 Å². The number of fused-ring (bicyclic) bond motifs is 1. The molecular formula is C24H28N3O4+. The summed E-state index contributed by atoms with van der Waals surface area (Å²) in [7, 11) is 5.31. The summed E-state index contributed by atoms with van der Waals surface area (Å²) in [5.74, 6) is 2.20. The minimum atomic E-state index is -0.396. The number of ether oxygens (including phenoxy) is 4. The van der Waals surface area contributed by atoms with E-state index in [2.05, 4.69) is 18.1 Å². The first kappa shape index (κ1) is 21.1. The van der Waals surface area contributed by atoms with Crippen LogP contribution in [0.15, 0.2) is 60.8 Å². The van der Waals surface area contributed by atoms with E-state index in [9.17, 15) is 0 Å². The van der Waals surface area contributed by atoms with E-state index in [0.29, 0.717) is 23.3 Å². The van der Waals surface area contributed by atoms with Gasteiger partial charge < -0.3 is 18.9 Å². The standard InChI is InChI=1S/C24H28N3O4/c1-27(15-25)23-17(13-18-8-4-5-12-26-18)7-6-9-22(23)31-24(27)20-14-19(29-3)10-11-21(20)30-16-28-2/h4-12,14,24H,13,15-16,25H2,1-3H3/q+1. The van der Waals surface area contributed by atoms with E-state index in [1.165, 1.54) is 0 Å². The summed E-state index contributed by atoms with van der Waals surface area (Å²) in [5, 5.41) is 0. The third-order valence-corrected chi connectivity index (χ3v) is 5.64. The zero-order chi connectivity index (χ0) is 21.8. The molecule has 0 saturated carbocycles. The molecule has 31 heavy (non-hydrogen) atoms. The molecule has 0 spiro atoms. The molecule has 7 heteroatoms. The Hall–Kier alpha value is -3.13. The van der Waals surface area contributed by atoms with E-state index in [0.717, 1.165) is 34.0 Å². The average Bonchev–Trinajstić information content (AvgIpc) is 3.12. The Morgan fingerprint density at radius 1 is 1.10 bits per heavy atom. The van der Waals surface area contributed by atoms with Crippen LogP contribution in [0.4, 0.5) is 5.69 Å². The van der Waals surface area contributed by atoms with Crippen molar-refractivity contribution in [1.29, 1.82) is 0 Å². The summed E-state index contributed by atoms with van der Waals surface area (Å²) in [6.45, 7) is 0.480. The van der Waals surface area contributed by atoms with Crippen LogP contribution in [0.25, 0.3) is 0 Å². The molecule has 3 aromatic rings. The van der Waals surface area contributed by atoms with Crippen LogP contribution in [0.2, 0.25) is 0 Å². The van der Waals surface area contributed by atoms with E-state index in [4.69, 9.17) is 24.7 Å². The molecule has 1 aliphatic heterocycles. The Morgan fingerprint density at radius 3 is 2.68 bits per heavy atom. The van der Waals surface area contributed by atoms with Crippen molar-refractivity contribution in [2.75, 3.05) is 34.7 Å². The lowest BCUT2D eigenvalue weighted by Gasteiger charge is -2.34. The van der Waals surface area contributed by atoms with Gasteiger partial charge in [-0.25, -0.2) is 4.48 Å². The topological polar surface area (TPSA) is 75.8 Å². The van der Waals surface area contributed by atoms with Crippen molar-refractivity contribution < 1.29 is 18.9 Å². The second-order valence-electron chi connectivity index (χ2n) is 7.64. The summed E-state index contributed by atoms with van der Waals surface area (Å²) in [6, 6.07) is 17.7. The van der Waals surface area contributed by atoms with E-state index in [1.54, 1.807) is 14.2 Å². The molecule has 2 aromatic carbocycles. The number of rotatable bonds is 8. The first-order valence-electron chi connectivity index (χ1n) is 10.1. The molecule has 7 nitrogen and oxygen atoms in total. The number of nitrogens with two attached hydrogens (primary N) is 1. The summed E-state index contributed by atoms with van der Waals surface area (Å²) in [4.78, 5) is 4.49. The third-order valence-electron chi connectivity index (χ3n) is 5.64. The SMILES string of the molecule is COCOc1ccc(OC)cc1C1Oc2cccc(Cc3ccccn3)c2[N+]1(C)CN. The van der Waals surface area contributed by atoms with Gasteiger partial charge in [0.15, 0.2) is 18.2 Å². The van der Waals surface area contributed by atoms with Gasteiger partial charge in [-0.1, -0.05) is 18.2 Å². The van der Waals surface area contributed by atoms with E-state index < -0.39 is 6.23 Å². The summed E-state index contributed by atoms with van der Waals surface area (Å²) in [6.07, 6.45) is 2.11. The average molecular weight is 423 g/mol. The Morgan fingerprint density at radius 2 is 1.97 bits per heavy atom. The Bertz CT molecular complexity index is 1040. The summed E-state index contributed by atoms with van der Waals surface area (Å²) < 4.78 is 23.3. The van der Waals surface area contributed by atoms with E-state index in [1.807, 2.05) is 54.7 Å². The fraction of sp³-hybridized carbons (Fsp3) is 0.292. The van der Waals surface area contributed by atoms with Gasteiger partial charge in [0.2, 0.25) is 0 Å². The van der Waals surface area contributed by atoms with Crippen LogP contribution in [0.5, 0.6) is 17.2 Å². The molecule has 0 saturated heterocycles. The maximum Gasteiger partial charge on any atom is 0.269 e. The molecule has 4 rings (SSSR count). The normalized spacial score (nSPS) is 19.5. The van der Waals surface area contributed by atoms with E-state index >= 15 is 0 Å². The van der Waals surface area contributed by atoms with Gasteiger partial charge in [-0.3, -0.25) is 10.7 Å². The molecule has 162 valence electrons. The van der Waals surface area contributed by atoms with Gasteiger partial charge in [-0.05, 0) is 36.4 Å². The number of nitrogens with zero attached hydrogens (tertiary/aromatic N) is 2. The zero-order valence-electron chi connectivity index (χ0n) is 18.1. The lowest BCUT2D eigenvalue weighted by molar-refractivity contribution is 0.0425. The van der Waals surface area contributed by atoms with E-state index in [-0.39, 0.29) is 6.79 Å². The fourth-order valence-corrected chi connectivity index (χ4v) is 4.09. The third kappa shape index (κ3) is 3.95. The van der Waals surface area contributed by atoms with Crippen molar-refractivity contribution >= 4 is 5.69 Å². The van der Waals surface area contributed by atoms with Crippen LogP contribution in [0.1, 0.15) is 23.0 Å². The lowest BCUT2D eigenvalue weighted by Crippen LogP contribution is -2.51. The number of benzene rings is 2. The maximum absolute atomic E-state index is 6.49. The largest absolute Gasteiger partial charge is 0.497 e. The quantitative estimate of drug-likeness (QED) is 0.442. The fourth-order valence-electron chi connectivity index (χ4n) is 4.09. The second-order valence-corrected chi connectivity index (χ2v) is 7.64.